The van der Waals surface area contributed by atoms with Crippen LogP contribution in [0, 0.1) is 11.8 Å². The van der Waals surface area contributed by atoms with Gasteiger partial charge < -0.3 is 15.4 Å². The first-order valence-electron chi connectivity index (χ1n) is 16.5. The number of rotatable bonds is 9. The number of sulfonamides is 1. The minimum atomic E-state index is -4.58. The molecule has 3 N–H and O–H groups in total. The average molecular weight is 694 g/mol. The molecule has 0 spiro atoms. The Morgan fingerprint density at radius 3 is 2.08 bits per heavy atom. The standard InChI is InChI=1S/C37H38ClF2N3O4S/c38-30-15-9-24(10-16-30)23-7-13-29(14-8-23)37(39,40)35(36(44)43-21-27-5-6-28(22-43)34(27)41)42-48(45,46)33-18-12-25-19-32(17-11-26(25)20-33)47-31-3-1-2-4-31/h7-20,27-28,31,34-35,42H,1-6,21-22,41H2/t27-,28+,34?,35-/m1/s1. The van der Waals surface area contributed by atoms with E-state index in [0.29, 0.717) is 21.7 Å². The van der Waals surface area contributed by atoms with Gasteiger partial charge in [0.25, 0.3) is 5.92 Å². The number of ether oxygens (including phenoxy) is 1. The van der Waals surface area contributed by atoms with Crippen LogP contribution >= 0.6 is 11.6 Å². The normalized spacial score (nSPS) is 22.2. The molecule has 2 aliphatic carbocycles. The number of piperidine rings is 1. The third-order valence-electron chi connectivity index (χ3n) is 10.2. The number of likely N-dealkylation sites (tertiary alicyclic amines) is 1. The molecule has 1 heterocycles. The van der Waals surface area contributed by atoms with Crippen LogP contribution in [0.4, 0.5) is 8.78 Å². The van der Waals surface area contributed by atoms with Gasteiger partial charge in [0.1, 0.15) is 5.75 Å². The van der Waals surface area contributed by atoms with Crippen molar-refractivity contribution in [3.8, 4) is 16.9 Å². The van der Waals surface area contributed by atoms with Crippen LogP contribution in [0.2, 0.25) is 5.02 Å². The Bertz CT molecular complexity index is 1900. The molecule has 3 fully saturated rings. The van der Waals surface area contributed by atoms with Crippen molar-refractivity contribution in [2.75, 3.05) is 13.1 Å². The maximum atomic E-state index is 16.6. The third-order valence-corrected chi connectivity index (χ3v) is 11.9. The summed E-state index contributed by atoms with van der Waals surface area (Å²) in [7, 11) is -4.58. The summed E-state index contributed by atoms with van der Waals surface area (Å²) >= 11 is 6.00. The molecule has 7 nitrogen and oxygen atoms in total. The van der Waals surface area contributed by atoms with E-state index >= 15 is 8.78 Å². The molecule has 4 aromatic carbocycles. The topological polar surface area (TPSA) is 102 Å². The number of amides is 1. The van der Waals surface area contributed by atoms with Gasteiger partial charge in [0, 0.05) is 29.7 Å². The molecule has 4 aromatic rings. The number of fused-ring (bicyclic) bond motifs is 3. The number of carbonyl (C=O) groups is 1. The van der Waals surface area contributed by atoms with Crippen LogP contribution in [0.15, 0.2) is 89.8 Å². The minimum Gasteiger partial charge on any atom is -0.490 e. The zero-order valence-electron chi connectivity index (χ0n) is 26.3. The predicted octanol–water partition coefficient (Wildman–Crippen LogP) is 7.12. The van der Waals surface area contributed by atoms with E-state index in [1.807, 2.05) is 6.07 Å². The lowest BCUT2D eigenvalue weighted by Crippen LogP contribution is -2.60. The highest BCUT2D eigenvalue weighted by Crippen LogP contribution is 2.39. The number of halogens is 3. The molecule has 1 aliphatic heterocycles. The van der Waals surface area contributed by atoms with Gasteiger partial charge in [0.2, 0.25) is 15.9 Å². The monoisotopic (exact) mass is 693 g/mol. The number of hydrogen-bond acceptors (Lipinski definition) is 5. The number of hydrogen-bond donors (Lipinski definition) is 2. The van der Waals surface area contributed by atoms with E-state index in [9.17, 15) is 13.2 Å². The Kier molecular flexibility index (Phi) is 8.95. The number of nitrogens with zero attached hydrogens (tertiary/aromatic N) is 1. The first-order valence-corrected chi connectivity index (χ1v) is 18.4. The van der Waals surface area contributed by atoms with Gasteiger partial charge in [-0.15, -0.1) is 0 Å². The highest BCUT2D eigenvalue weighted by atomic mass is 35.5. The van der Waals surface area contributed by atoms with E-state index in [-0.39, 0.29) is 42.0 Å². The van der Waals surface area contributed by atoms with Gasteiger partial charge in [-0.25, -0.2) is 8.42 Å². The van der Waals surface area contributed by atoms with Crippen molar-refractivity contribution in [1.29, 1.82) is 0 Å². The number of nitrogens with one attached hydrogen (secondary N) is 1. The molecule has 1 saturated heterocycles. The lowest BCUT2D eigenvalue weighted by Gasteiger charge is -2.39. The van der Waals surface area contributed by atoms with Crippen molar-refractivity contribution < 1.29 is 26.7 Å². The second-order valence-electron chi connectivity index (χ2n) is 13.4. The lowest BCUT2D eigenvalue weighted by molar-refractivity contribution is -0.146. The van der Waals surface area contributed by atoms with E-state index in [1.54, 1.807) is 42.5 Å². The fraction of sp³-hybridized carbons (Fsp3) is 0.378. The third kappa shape index (κ3) is 6.55. The quantitative estimate of drug-likeness (QED) is 0.195. The lowest BCUT2D eigenvalue weighted by atomic mass is 9.91. The van der Waals surface area contributed by atoms with Gasteiger partial charge in [-0.1, -0.05) is 60.1 Å². The molecule has 3 aliphatic rings. The van der Waals surface area contributed by atoms with Crippen LogP contribution in [0.3, 0.4) is 0 Å². The van der Waals surface area contributed by atoms with E-state index in [4.69, 9.17) is 22.1 Å². The molecule has 252 valence electrons. The summed E-state index contributed by atoms with van der Waals surface area (Å²) in [4.78, 5) is 15.2. The Labute approximate surface area is 284 Å². The molecular weight excluding hydrogens is 656 g/mol. The Morgan fingerprint density at radius 1 is 0.854 bits per heavy atom. The summed E-state index contributed by atoms with van der Waals surface area (Å²) in [5.74, 6) is -4.18. The Hall–Kier alpha value is -3.57. The maximum absolute atomic E-state index is 16.6. The van der Waals surface area contributed by atoms with Crippen molar-refractivity contribution in [1.82, 2.24) is 9.62 Å². The van der Waals surface area contributed by atoms with Crippen LogP contribution in [0.25, 0.3) is 21.9 Å². The second-order valence-corrected chi connectivity index (χ2v) is 15.5. The summed E-state index contributed by atoms with van der Waals surface area (Å²) in [5.41, 5.74) is 7.29. The van der Waals surface area contributed by atoms with Gasteiger partial charge >= 0.3 is 0 Å². The maximum Gasteiger partial charge on any atom is 0.298 e. The van der Waals surface area contributed by atoms with Crippen molar-refractivity contribution >= 4 is 38.3 Å². The molecule has 2 saturated carbocycles. The molecule has 1 amide bonds. The number of carbonyl (C=O) groups excluding carboxylic acids is 1. The number of benzene rings is 4. The van der Waals surface area contributed by atoms with Gasteiger partial charge in [0.05, 0.1) is 11.0 Å². The van der Waals surface area contributed by atoms with Gasteiger partial charge in [-0.3, -0.25) is 4.79 Å². The largest absolute Gasteiger partial charge is 0.490 e. The average Bonchev–Trinajstić information content (AvgIpc) is 3.65. The van der Waals surface area contributed by atoms with E-state index in [0.717, 1.165) is 49.5 Å². The zero-order chi connectivity index (χ0) is 33.6. The Morgan fingerprint density at radius 2 is 1.44 bits per heavy atom. The van der Waals surface area contributed by atoms with Crippen LogP contribution in [-0.2, 0) is 20.7 Å². The van der Waals surface area contributed by atoms with E-state index < -0.39 is 33.5 Å². The summed E-state index contributed by atoms with van der Waals surface area (Å²) in [5, 5.41) is 1.90. The van der Waals surface area contributed by atoms with Crippen LogP contribution < -0.4 is 15.2 Å². The summed E-state index contributed by atoms with van der Waals surface area (Å²) < 4.78 is 69.1. The molecule has 4 atom stereocenters. The van der Waals surface area contributed by atoms with Crippen molar-refractivity contribution in [3.05, 3.63) is 95.5 Å². The van der Waals surface area contributed by atoms with Crippen LogP contribution in [-0.4, -0.2) is 50.5 Å². The SMILES string of the molecule is NC1[C@@H]2CC[C@H]1CN(C(=O)[C@@H](NS(=O)(=O)c1ccc3cc(OC4CCCC4)ccc3c1)C(F)(F)c1ccc(-c3ccc(Cl)cc3)cc1)C2. The highest BCUT2D eigenvalue weighted by Gasteiger charge is 2.52. The van der Waals surface area contributed by atoms with Gasteiger partial charge in [0.15, 0.2) is 6.04 Å². The molecule has 0 aromatic heterocycles. The summed E-state index contributed by atoms with van der Waals surface area (Å²) in [6.45, 7) is 0.420. The number of nitrogens with two attached hydrogens (primary N) is 1. The highest BCUT2D eigenvalue weighted by molar-refractivity contribution is 7.89. The smallest absolute Gasteiger partial charge is 0.298 e. The molecule has 2 bridgehead atoms. The first kappa shape index (κ1) is 33.0. The molecule has 0 radical (unpaired) electrons. The molecular formula is C37H38ClF2N3O4S. The van der Waals surface area contributed by atoms with Gasteiger partial charge in [-0.2, -0.15) is 13.5 Å². The van der Waals surface area contributed by atoms with Crippen molar-refractivity contribution in [2.45, 2.75) is 67.5 Å². The fourth-order valence-corrected chi connectivity index (χ4v) is 8.82. The van der Waals surface area contributed by atoms with Crippen molar-refractivity contribution in [3.63, 3.8) is 0 Å². The van der Waals surface area contributed by atoms with Gasteiger partial charge in [-0.05, 0) is 109 Å². The summed E-state index contributed by atoms with van der Waals surface area (Å²) in [6, 6.07) is 19.8. The van der Waals surface area contributed by atoms with Crippen LogP contribution in [0.1, 0.15) is 44.1 Å². The second kappa shape index (κ2) is 13.0. The van der Waals surface area contributed by atoms with E-state index in [1.165, 1.54) is 41.3 Å². The summed E-state index contributed by atoms with van der Waals surface area (Å²) in [6.07, 6.45) is 6.05. The molecule has 7 rings (SSSR count). The molecule has 1 unspecified atom stereocenters. The fourth-order valence-electron chi connectivity index (χ4n) is 7.46. The van der Waals surface area contributed by atoms with Crippen LogP contribution in [0.5, 0.6) is 5.75 Å². The first-order chi connectivity index (χ1) is 23.0. The molecule has 11 heteroatoms. The predicted molar refractivity (Wildman–Crippen MR) is 182 cm³/mol. The Balaban J connectivity index is 1.18. The number of alkyl halides is 2. The zero-order valence-corrected chi connectivity index (χ0v) is 27.9. The molecule has 48 heavy (non-hydrogen) atoms. The van der Waals surface area contributed by atoms with E-state index in [2.05, 4.69) is 4.72 Å². The van der Waals surface area contributed by atoms with Crippen molar-refractivity contribution in [2.24, 2.45) is 17.6 Å². The minimum absolute atomic E-state index is 0.0136.